The van der Waals surface area contributed by atoms with E-state index in [2.05, 4.69) is 26.1 Å². The molecule has 6 nitrogen and oxygen atoms in total. The summed E-state index contributed by atoms with van der Waals surface area (Å²) >= 11 is 0. The van der Waals surface area contributed by atoms with Crippen LogP contribution in [0, 0.1) is 5.92 Å². The van der Waals surface area contributed by atoms with E-state index in [-0.39, 0.29) is 18.0 Å². The fourth-order valence-electron chi connectivity index (χ4n) is 4.05. The fraction of sp³-hybridized carbons (Fsp3) is 0.360. The Balaban J connectivity index is 1.61. The molecule has 2 aliphatic heterocycles. The minimum absolute atomic E-state index is 0.0105. The lowest BCUT2D eigenvalue weighted by Gasteiger charge is -2.31. The van der Waals surface area contributed by atoms with Crippen LogP contribution < -0.4 is 10.1 Å². The van der Waals surface area contributed by atoms with Crippen LogP contribution in [0.5, 0.6) is 5.75 Å². The summed E-state index contributed by atoms with van der Waals surface area (Å²) in [5.41, 5.74) is 3.35. The van der Waals surface area contributed by atoms with E-state index in [4.69, 9.17) is 4.74 Å². The molecule has 2 aromatic rings. The van der Waals surface area contributed by atoms with E-state index >= 15 is 0 Å². The molecule has 0 aromatic heterocycles. The molecule has 2 aromatic carbocycles. The van der Waals surface area contributed by atoms with Crippen LogP contribution in [0.2, 0.25) is 0 Å². The second kappa shape index (κ2) is 8.46. The van der Waals surface area contributed by atoms with Gasteiger partial charge in [-0.25, -0.2) is 4.79 Å². The molecule has 2 atom stereocenters. The number of nitrogens with zero attached hydrogens (tertiary/aromatic N) is 2. The highest BCUT2D eigenvalue weighted by molar-refractivity contribution is 6.01. The third-order valence-corrected chi connectivity index (χ3v) is 6.28. The van der Waals surface area contributed by atoms with Gasteiger partial charge in [0.05, 0.1) is 23.9 Å². The lowest BCUT2D eigenvalue weighted by Crippen LogP contribution is -2.45. The number of hydrogen-bond acceptors (Lipinski definition) is 3. The Hall–Kier alpha value is -3.28. The summed E-state index contributed by atoms with van der Waals surface area (Å²) in [7, 11) is 1.72. The van der Waals surface area contributed by atoms with Crippen LogP contribution in [0.15, 0.2) is 65.9 Å². The van der Waals surface area contributed by atoms with Crippen LogP contribution in [0.25, 0.3) is 0 Å². The zero-order valence-electron chi connectivity index (χ0n) is 18.5. The van der Waals surface area contributed by atoms with E-state index in [1.54, 1.807) is 11.9 Å². The Morgan fingerprint density at radius 3 is 2.52 bits per heavy atom. The number of carbonyl (C=O) groups excluding carboxylic acids is 2. The van der Waals surface area contributed by atoms with Crippen molar-refractivity contribution in [2.45, 2.75) is 39.5 Å². The van der Waals surface area contributed by atoms with Crippen LogP contribution in [0.4, 0.5) is 4.79 Å². The van der Waals surface area contributed by atoms with Gasteiger partial charge in [0.1, 0.15) is 12.4 Å². The van der Waals surface area contributed by atoms with Gasteiger partial charge in [-0.05, 0) is 36.1 Å². The Kier molecular flexibility index (Phi) is 5.72. The molecule has 0 fully saturated rings. The lowest BCUT2D eigenvalue weighted by molar-refractivity contribution is -0.128. The van der Waals surface area contributed by atoms with Crippen LogP contribution in [0.1, 0.15) is 37.9 Å². The quantitative estimate of drug-likeness (QED) is 0.767. The van der Waals surface area contributed by atoms with Crippen molar-refractivity contribution in [3.8, 4) is 5.75 Å². The highest BCUT2D eigenvalue weighted by atomic mass is 16.5. The third kappa shape index (κ3) is 4.02. The molecule has 3 amide bonds. The molecule has 0 unspecified atom stereocenters. The molecule has 162 valence electrons. The second-order valence-corrected chi connectivity index (χ2v) is 8.57. The molecular weight excluding hydrogens is 390 g/mol. The maximum Gasteiger partial charge on any atom is 0.322 e. The summed E-state index contributed by atoms with van der Waals surface area (Å²) in [6, 6.07) is 17.0. The Bertz CT molecular complexity index is 1020. The smallest absolute Gasteiger partial charge is 0.322 e. The van der Waals surface area contributed by atoms with Crippen molar-refractivity contribution in [3.63, 3.8) is 0 Å². The third-order valence-electron chi connectivity index (χ3n) is 6.28. The molecule has 0 saturated heterocycles. The van der Waals surface area contributed by atoms with Gasteiger partial charge < -0.3 is 15.0 Å². The normalized spacial score (nSPS) is 19.6. The fourth-order valence-corrected chi connectivity index (χ4v) is 4.05. The minimum atomic E-state index is -0.490. The standard InChI is InChI=1S/C25H29N3O3/c1-16(2)17(3)28-14-21-22(24(28)29)23(26-25(30)27(21)4)19-11-8-12-20(13-19)31-15-18-9-6-5-7-10-18/h5-13,16-17,23H,14-15H2,1-4H3,(H,26,30)/t17-,23-/m1/s1. The Morgan fingerprint density at radius 1 is 1.06 bits per heavy atom. The number of ether oxygens (including phenoxy) is 1. The van der Waals surface area contributed by atoms with Crippen molar-refractivity contribution in [2.75, 3.05) is 13.6 Å². The molecule has 1 N–H and O–H groups in total. The predicted molar refractivity (Wildman–Crippen MR) is 119 cm³/mol. The zero-order valence-corrected chi connectivity index (χ0v) is 18.5. The molecule has 2 heterocycles. The van der Waals surface area contributed by atoms with Gasteiger partial charge in [-0.1, -0.05) is 56.3 Å². The van der Waals surface area contributed by atoms with E-state index in [1.165, 1.54) is 0 Å². The van der Waals surface area contributed by atoms with Crippen LogP contribution >= 0.6 is 0 Å². The Morgan fingerprint density at radius 2 is 1.81 bits per heavy atom. The van der Waals surface area contributed by atoms with Crippen LogP contribution in [0.3, 0.4) is 0 Å². The topological polar surface area (TPSA) is 61.9 Å². The molecule has 31 heavy (non-hydrogen) atoms. The first-order chi connectivity index (χ1) is 14.9. The first-order valence-electron chi connectivity index (χ1n) is 10.7. The number of hydrogen-bond donors (Lipinski definition) is 1. The number of benzene rings is 2. The number of rotatable bonds is 6. The van der Waals surface area contributed by atoms with Crippen LogP contribution in [-0.4, -0.2) is 41.4 Å². The molecule has 0 saturated carbocycles. The van der Waals surface area contributed by atoms with E-state index in [1.807, 2.05) is 59.5 Å². The van der Waals surface area contributed by atoms with Crippen molar-refractivity contribution in [1.29, 1.82) is 0 Å². The molecule has 0 bridgehead atoms. The van der Waals surface area contributed by atoms with E-state index in [0.29, 0.717) is 30.4 Å². The van der Waals surface area contributed by atoms with Gasteiger partial charge in [0.25, 0.3) is 5.91 Å². The summed E-state index contributed by atoms with van der Waals surface area (Å²) in [5.74, 6) is 1.02. The second-order valence-electron chi connectivity index (χ2n) is 8.57. The molecular formula is C25H29N3O3. The molecule has 4 rings (SSSR count). The Labute approximate surface area is 183 Å². The van der Waals surface area contributed by atoms with E-state index < -0.39 is 6.04 Å². The lowest BCUT2D eigenvalue weighted by atomic mass is 9.95. The average molecular weight is 420 g/mol. The number of urea groups is 1. The summed E-state index contributed by atoms with van der Waals surface area (Å²) in [4.78, 5) is 29.5. The van der Waals surface area contributed by atoms with Crippen molar-refractivity contribution in [1.82, 2.24) is 15.1 Å². The van der Waals surface area contributed by atoms with Gasteiger partial charge in [-0.15, -0.1) is 0 Å². The van der Waals surface area contributed by atoms with Gasteiger partial charge in [0, 0.05) is 13.1 Å². The van der Waals surface area contributed by atoms with Crippen molar-refractivity contribution < 1.29 is 14.3 Å². The number of likely N-dealkylation sites (N-methyl/N-ethyl adjacent to an activating group) is 1. The molecule has 6 heteroatoms. The first-order valence-corrected chi connectivity index (χ1v) is 10.7. The monoisotopic (exact) mass is 419 g/mol. The molecule has 0 aliphatic carbocycles. The van der Waals surface area contributed by atoms with E-state index in [9.17, 15) is 9.59 Å². The van der Waals surface area contributed by atoms with E-state index in [0.717, 1.165) is 16.8 Å². The summed E-state index contributed by atoms with van der Waals surface area (Å²) in [6.45, 7) is 7.18. The highest BCUT2D eigenvalue weighted by Gasteiger charge is 2.44. The van der Waals surface area contributed by atoms with Gasteiger partial charge in [-0.3, -0.25) is 9.69 Å². The zero-order chi connectivity index (χ0) is 22.1. The SMILES string of the molecule is CC(C)[C@@H](C)N1CC2=C(C1=O)[C@@H](c1cccc(OCc3ccccc3)c1)NC(=O)N2C. The maximum atomic E-state index is 13.4. The van der Waals surface area contributed by atoms with Crippen molar-refractivity contribution in [2.24, 2.45) is 5.92 Å². The van der Waals surface area contributed by atoms with Gasteiger partial charge in [0.15, 0.2) is 0 Å². The predicted octanol–water partition coefficient (Wildman–Crippen LogP) is 4.10. The number of carbonyl (C=O) groups is 2. The minimum Gasteiger partial charge on any atom is -0.489 e. The van der Waals surface area contributed by atoms with Gasteiger partial charge in [0.2, 0.25) is 0 Å². The largest absolute Gasteiger partial charge is 0.489 e. The highest BCUT2D eigenvalue weighted by Crippen LogP contribution is 2.37. The van der Waals surface area contributed by atoms with Gasteiger partial charge in [-0.2, -0.15) is 0 Å². The first kappa shape index (κ1) is 21.0. The molecule has 0 radical (unpaired) electrons. The van der Waals surface area contributed by atoms with Crippen molar-refractivity contribution >= 4 is 11.9 Å². The number of nitrogens with one attached hydrogen (secondary N) is 1. The molecule has 0 spiro atoms. The van der Waals surface area contributed by atoms with Gasteiger partial charge >= 0.3 is 6.03 Å². The molecule has 2 aliphatic rings. The van der Waals surface area contributed by atoms with Crippen molar-refractivity contribution in [3.05, 3.63) is 77.0 Å². The average Bonchev–Trinajstić information content (AvgIpc) is 3.12. The summed E-state index contributed by atoms with van der Waals surface area (Å²) in [5, 5.41) is 3.00. The summed E-state index contributed by atoms with van der Waals surface area (Å²) < 4.78 is 5.97. The van der Waals surface area contributed by atoms with Crippen LogP contribution in [-0.2, 0) is 11.4 Å². The summed E-state index contributed by atoms with van der Waals surface area (Å²) in [6.07, 6.45) is 0. The number of amides is 3. The maximum absolute atomic E-state index is 13.4.